The molecule has 0 atom stereocenters. The second-order valence-electron chi connectivity index (χ2n) is 5.31. The molecule has 0 bridgehead atoms. The lowest BCUT2D eigenvalue weighted by Crippen LogP contribution is -2.33. The average Bonchev–Trinajstić information content (AvgIpc) is 2.87. The van der Waals surface area contributed by atoms with Crippen LogP contribution in [0.4, 0.5) is 5.69 Å². The van der Waals surface area contributed by atoms with Crippen molar-refractivity contribution in [2.45, 2.75) is 45.1 Å². The van der Waals surface area contributed by atoms with Crippen molar-refractivity contribution in [1.82, 2.24) is 0 Å². The second kappa shape index (κ2) is 6.84. The maximum absolute atomic E-state index is 10.4. The minimum Gasteiger partial charge on any atom is -0.494 e. The molecule has 1 aromatic rings. The molecule has 112 valence electrons. The lowest BCUT2D eigenvalue weighted by molar-refractivity contribution is 0.0614. The molecule has 1 fully saturated rings. The number of anilines is 1. The first-order valence-electron chi connectivity index (χ1n) is 7.53. The molecule has 0 unspecified atom stereocenters. The van der Waals surface area contributed by atoms with E-state index >= 15 is 0 Å². The van der Waals surface area contributed by atoms with Gasteiger partial charge in [-0.05, 0) is 38.8 Å². The standard InChI is InChI=1S/C16H25NO3/c1-3-19-13-7-8-15(20-4-2)14(11-13)17-12-16(18)9-5-6-10-16/h7-8,11,17-18H,3-6,9-10,12H2,1-2H3. The largest absolute Gasteiger partial charge is 0.494 e. The minimum absolute atomic E-state index is 0.558. The summed E-state index contributed by atoms with van der Waals surface area (Å²) in [5, 5.41) is 13.7. The molecule has 20 heavy (non-hydrogen) atoms. The molecule has 0 aliphatic heterocycles. The Morgan fingerprint density at radius 1 is 1.15 bits per heavy atom. The van der Waals surface area contributed by atoms with E-state index in [2.05, 4.69) is 5.32 Å². The summed E-state index contributed by atoms with van der Waals surface area (Å²) >= 11 is 0. The van der Waals surface area contributed by atoms with E-state index in [-0.39, 0.29) is 0 Å². The summed E-state index contributed by atoms with van der Waals surface area (Å²) < 4.78 is 11.1. The van der Waals surface area contributed by atoms with Crippen molar-refractivity contribution in [2.75, 3.05) is 25.1 Å². The van der Waals surface area contributed by atoms with Gasteiger partial charge in [0.05, 0.1) is 24.5 Å². The Morgan fingerprint density at radius 3 is 2.50 bits per heavy atom. The zero-order valence-electron chi connectivity index (χ0n) is 12.4. The van der Waals surface area contributed by atoms with Gasteiger partial charge < -0.3 is 19.9 Å². The van der Waals surface area contributed by atoms with Crippen LogP contribution >= 0.6 is 0 Å². The third kappa shape index (κ3) is 3.79. The first-order valence-corrected chi connectivity index (χ1v) is 7.53. The maximum atomic E-state index is 10.4. The minimum atomic E-state index is -0.578. The molecule has 0 saturated heterocycles. The molecule has 2 rings (SSSR count). The molecule has 0 spiro atoms. The molecule has 1 aliphatic carbocycles. The lowest BCUT2D eigenvalue weighted by atomic mass is 10.0. The smallest absolute Gasteiger partial charge is 0.142 e. The van der Waals surface area contributed by atoms with E-state index in [9.17, 15) is 5.11 Å². The predicted octanol–water partition coefficient (Wildman–Crippen LogP) is 3.20. The first kappa shape index (κ1) is 15.0. The van der Waals surface area contributed by atoms with E-state index < -0.39 is 5.60 Å². The molecule has 1 aliphatic rings. The van der Waals surface area contributed by atoms with Crippen molar-refractivity contribution in [3.8, 4) is 11.5 Å². The van der Waals surface area contributed by atoms with Gasteiger partial charge in [0.2, 0.25) is 0 Å². The van der Waals surface area contributed by atoms with Crippen LogP contribution in [0.25, 0.3) is 0 Å². The molecule has 1 saturated carbocycles. The molecular formula is C16H25NO3. The quantitative estimate of drug-likeness (QED) is 0.804. The van der Waals surface area contributed by atoms with Gasteiger partial charge in [-0.15, -0.1) is 0 Å². The number of nitrogens with one attached hydrogen (secondary N) is 1. The molecule has 2 N–H and O–H groups in total. The van der Waals surface area contributed by atoms with E-state index in [0.717, 1.165) is 42.9 Å². The molecule has 0 amide bonds. The van der Waals surface area contributed by atoms with Crippen LogP contribution < -0.4 is 14.8 Å². The van der Waals surface area contributed by atoms with Gasteiger partial charge in [0, 0.05) is 12.6 Å². The molecule has 0 heterocycles. The number of hydrogen-bond donors (Lipinski definition) is 2. The number of benzene rings is 1. The van der Waals surface area contributed by atoms with Crippen LogP contribution in [0.3, 0.4) is 0 Å². The molecular weight excluding hydrogens is 254 g/mol. The highest BCUT2D eigenvalue weighted by Gasteiger charge is 2.30. The van der Waals surface area contributed by atoms with Crippen LogP contribution in [0.15, 0.2) is 18.2 Å². The third-order valence-corrected chi connectivity index (χ3v) is 3.70. The van der Waals surface area contributed by atoms with Gasteiger partial charge in [-0.25, -0.2) is 0 Å². The van der Waals surface area contributed by atoms with Crippen LogP contribution in [0.2, 0.25) is 0 Å². The highest BCUT2D eigenvalue weighted by molar-refractivity contribution is 5.60. The molecule has 4 heteroatoms. The van der Waals surface area contributed by atoms with Crippen molar-refractivity contribution in [2.24, 2.45) is 0 Å². The highest BCUT2D eigenvalue weighted by atomic mass is 16.5. The van der Waals surface area contributed by atoms with Gasteiger partial charge in [-0.2, -0.15) is 0 Å². The lowest BCUT2D eigenvalue weighted by Gasteiger charge is -2.24. The van der Waals surface area contributed by atoms with E-state index in [1.54, 1.807) is 0 Å². The Morgan fingerprint density at radius 2 is 1.85 bits per heavy atom. The Bertz CT molecular complexity index is 428. The summed E-state index contributed by atoms with van der Waals surface area (Å²) in [6.07, 6.45) is 3.95. The fourth-order valence-electron chi connectivity index (χ4n) is 2.65. The summed E-state index contributed by atoms with van der Waals surface area (Å²) in [6, 6.07) is 5.76. The summed E-state index contributed by atoms with van der Waals surface area (Å²) in [5.41, 5.74) is 0.309. The van der Waals surface area contributed by atoms with E-state index in [0.29, 0.717) is 19.8 Å². The molecule has 0 radical (unpaired) electrons. The van der Waals surface area contributed by atoms with Crippen LogP contribution in [0, 0.1) is 0 Å². The van der Waals surface area contributed by atoms with E-state index in [1.165, 1.54) is 0 Å². The van der Waals surface area contributed by atoms with Crippen LogP contribution in [-0.4, -0.2) is 30.5 Å². The Labute approximate surface area is 121 Å². The maximum Gasteiger partial charge on any atom is 0.142 e. The fraction of sp³-hybridized carbons (Fsp3) is 0.625. The molecule has 0 aromatic heterocycles. The normalized spacial score (nSPS) is 16.9. The monoisotopic (exact) mass is 279 g/mol. The zero-order valence-corrected chi connectivity index (χ0v) is 12.4. The number of ether oxygens (including phenoxy) is 2. The zero-order chi connectivity index (χ0) is 14.4. The van der Waals surface area contributed by atoms with Crippen molar-refractivity contribution in [3.63, 3.8) is 0 Å². The predicted molar refractivity (Wildman–Crippen MR) is 80.7 cm³/mol. The van der Waals surface area contributed by atoms with Gasteiger partial charge in [-0.1, -0.05) is 12.8 Å². The Balaban J connectivity index is 2.08. The third-order valence-electron chi connectivity index (χ3n) is 3.70. The van der Waals surface area contributed by atoms with Crippen LogP contribution in [0.1, 0.15) is 39.5 Å². The Hall–Kier alpha value is -1.42. The molecule has 1 aromatic carbocycles. The summed E-state index contributed by atoms with van der Waals surface area (Å²) in [4.78, 5) is 0. The van der Waals surface area contributed by atoms with E-state index in [1.807, 2.05) is 32.0 Å². The number of aliphatic hydroxyl groups is 1. The summed E-state index contributed by atoms with van der Waals surface area (Å²) in [6.45, 7) is 5.74. The van der Waals surface area contributed by atoms with E-state index in [4.69, 9.17) is 9.47 Å². The second-order valence-corrected chi connectivity index (χ2v) is 5.31. The topological polar surface area (TPSA) is 50.7 Å². The van der Waals surface area contributed by atoms with Crippen molar-refractivity contribution in [1.29, 1.82) is 0 Å². The fourth-order valence-corrected chi connectivity index (χ4v) is 2.65. The highest BCUT2D eigenvalue weighted by Crippen LogP contribution is 2.33. The average molecular weight is 279 g/mol. The van der Waals surface area contributed by atoms with Crippen LogP contribution in [0.5, 0.6) is 11.5 Å². The van der Waals surface area contributed by atoms with Crippen molar-refractivity contribution < 1.29 is 14.6 Å². The van der Waals surface area contributed by atoms with Crippen LogP contribution in [-0.2, 0) is 0 Å². The van der Waals surface area contributed by atoms with Gasteiger partial charge >= 0.3 is 0 Å². The Kier molecular flexibility index (Phi) is 5.12. The first-order chi connectivity index (χ1) is 9.67. The number of rotatable bonds is 7. The molecule has 4 nitrogen and oxygen atoms in total. The van der Waals surface area contributed by atoms with Gasteiger partial charge in [-0.3, -0.25) is 0 Å². The summed E-state index contributed by atoms with van der Waals surface area (Å²) in [7, 11) is 0. The van der Waals surface area contributed by atoms with Crippen molar-refractivity contribution >= 4 is 5.69 Å². The number of hydrogen-bond acceptors (Lipinski definition) is 4. The van der Waals surface area contributed by atoms with Crippen molar-refractivity contribution in [3.05, 3.63) is 18.2 Å². The summed E-state index contributed by atoms with van der Waals surface area (Å²) in [5.74, 6) is 1.62. The van der Waals surface area contributed by atoms with Gasteiger partial charge in [0.15, 0.2) is 0 Å². The van der Waals surface area contributed by atoms with Gasteiger partial charge in [0.25, 0.3) is 0 Å². The SMILES string of the molecule is CCOc1ccc(OCC)c(NCC2(O)CCCC2)c1. The van der Waals surface area contributed by atoms with Gasteiger partial charge in [0.1, 0.15) is 11.5 Å².